The van der Waals surface area contributed by atoms with Gasteiger partial charge in [-0.15, -0.1) is 64.6 Å². The molecule has 0 saturated carbocycles. The molecule has 12 aromatic rings. The van der Waals surface area contributed by atoms with Crippen LogP contribution in [-0.4, -0.2) is 129 Å². The van der Waals surface area contributed by atoms with E-state index in [0.29, 0.717) is 38.5 Å². The molecule has 0 aliphatic rings. The normalized spacial score (nSPS) is 12.7. The molecule has 3 amide bonds. The van der Waals surface area contributed by atoms with Gasteiger partial charge in [-0.1, -0.05) is 109 Å². The van der Waals surface area contributed by atoms with Gasteiger partial charge >= 0.3 is 18.3 Å². The summed E-state index contributed by atoms with van der Waals surface area (Å²) in [6.07, 6.45) is 1.10. The van der Waals surface area contributed by atoms with Gasteiger partial charge in [0.15, 0.2) is 30.2 Å². The minimum Gasteiger partial charge on any atom is -0.444 e. The fourth-order valence-electron chi connectivity index (χ4n) is 9.65. The first-order valence-electron chi connectivity index (χ1n) is 31.3. The van der Waals surface area contributed by atoms with E-state index in [0.717, 1.165) is 71.2 Å². The number of thiazole rings is 3. The van der Waals surface area contributed by atoms with Gasteiger partial charge in [-0.2, -0.15) is 4.31 Å². The number of rotatable bonds is 18. The Morgan fingerprint density at radius 3 is 1.21 bits per heavy atom. The summed E-state index contributed by atoms with van der Waals surface area (Å²) in [5, 5.41) is 27.5. The van der Waals surface area contributed by atoms with Crippen molar-refractivity contribution in [3.63, 3.8) is 0 Å². The van der Waals surface area contributed by atoms with E-state index in [2.05, 4.69) is 80.4 Å². The van der Waals surface area contributed by atoms with Crippen molar-refractivity contribution in [3.8, 4) is 33.4 Å². The number of fused-ring (bicyclic) bond motifs is 3. The fourth-order valence-corrected chi connectivity index (χ4v) is 16.4. The summed E-state index contributed by atoms with van der Waals surface area (Å²) in [5.41, 5.74) is 6.42. The lowest BCUT2D eigenvalue weighted by molar-refractivity contribution is 0.0370. The topological polar surface area (TPSA) is 364 Å². The van der Waals surface area contributed by atoms with Gasteiger partial charge in [0, 0.05) is 12.5 Å². The van der Waals surface area contributed by atoms with Crippen LogP contribution in [0.25, 0.3) is 64.0 Å². The van der Waals surface area contributed by atoms with Crippen LogP contribution in [0.1, 0.15) is 123 Å². The number of benzene rings is 6. The van der Waals surface area contributed by atoms with E-state index in [1.54, 1.807) is 79.7 Å². The number of nitrogens with one attached hydrogen (secondary N) is 2. The highest BCUT2D eigenvalue weighted by atomic mass is 32.2. The number of ether oxygens (including phenoxy) is 3. The fraction of sp³-hybridized carbons (Fsp3) is 0.304. The average molecular weight is 1500 g/mol. The SMILES string of the molecule is CC(C)(C)OC(=O)N(Cc1nnc(C(c2nc3ccc(-c4ccccc4)cc3s2)S(C)(=O)=O)o1)S(C)(=O)=O.CC(C)(C)OC(=O)NCc1nnc(C(c2nc3ccc(-c4ccccc4)cc3s2)S(C)(=O)=O)o1.CC(C)(C)OC(=O)NCc1nnc(Cc2nc3ccc(-c4ccccc4)cc3s2)o1. The molecule has 102 heavy (non-hydrogen) atoms. The minimum atomic E-state index is -4.07. The maximum atomic E-state index is 12.8. The second-order valence-corrected chi connectivity index (χ2v) is 35.5. The van der Waals surface area contributed by atoms with Crippen molar-refractivity contribution in [2.24, 2.45) is 0 Å². The predicted molar refractivity (Wildman–Crippen MR) is 387 cm³/mol. The first-order chi connectivity index (χ1) is 48.0. The molecule has 6 aromatic carbocycles. The zero-order valence-corrected chi connectivity index (χ0v) is 62.3. The lowest BCUT2D eigenvalue weighted by Crippen LogP contribution is -2.39. The third-order valence-corrected chi connectivity index (χ3v) is 21.1. The van der Waals surface area contributed by atoms with Gasteiger partial charge in [0.2, 0.25) is 45.4 Å². The van der Waals surface area contributed by atoms with Crippen LogP contribution in [0.4, 0.5) is 14.4 Å². The lowest BCUT2D eigenvalue weighted by atomic mass is 10.1. The highest BCUT2D eigenvalue weighted by Crippen LogP contribution is 2.39. The van der Waals surface area contributed by atoms with Gasteiger partial charge in [-0.25, -0.2) is 54.6 Å². The number of hydrogen-bond acceptors (Lipinski definition) is 27. The summed E-state index contributed by atoms with van der Waals surface area (Å²) in [6, 6.07) is 47.5. The Hall–Kier alpha value is -9.93. The first-order valence-corrected chi connectivity index (χ1v) is 39.5. The van der Waals surface area contributed by atoms with Crippen LogP contribution in [0, 0.1) is 0 Å². The molecule has 534 valence electrons. The van der Waals surface area contributed by atoms with E-state index in [1.807, 2.05) is 115 Å². The number of carbonyl (C=O) groups excluding carboxylic acids is 3. The molecule has 2 unspecified atom stereocenters. The molecule has 0 spiro atoms. The number of sulfonamides is 1. The number of carbonyl (C=O) groups is 3. The predicted octanol–water partition coefficient (Wildman–Crippen LogP) is 13.6. The molecule has 6 aromatic heterocycles. The van der Waals surface area contributed by atoms with E-state index in [9.17, 15) is 39.6 Å². The maximum absolute atomic E-state index is 12.8. The van der Waals surface area contributed by atoms with E-state index in [1.165, 1.54) is 28.2 Å². The lowest BCUT2D eigenvalue weighted by Gasteiger charge is -2.24. The molecule has 2 atom stereocenters. The quantitative estimate of drug-likeness (QED) is 0.0753. The van der Waals surface area contributed by atoms with Crippen molar-refractivity contribution < 1.29 is 67.1 Å². The standard InChI is InChI=1S/C24H26N4O7S3.C23H24N4O5S2.C22H22N4O3S/c1-24(2,3)35-23(29)28(38(5,32)33)14-19-26-27-21(34-19)20(37(4,30)31)22-25-17-12-11-16(13-18(17)36-22)15-9-7-6-8-10-15;1-23(2,3)32-22(28)24-13-18-26-27-20(31-18)19(34(4,29)30)21-25-16-11-10-15(12-17(16)33-21)14-8-6-5-7-9-14;1-22(2,3)29-21(27)23-13-19-26-25-18(28-19)12-20-24-16-10-9-15(11-17(16)30-20)14-7-5-4-6-8-14/h6-13,20H,14H2,1-5H3;5-12,19H,13H2,1-4H3,(H,24,28);4-11H,12-13H2,1-3H3,(H,23,27). The molecule has 0 aliphatic heterocycles. The Balaban J connectivity index is 0.000000166. The molecule has 0 fully saturated rings. The Morgan fingerprint density at radius 2 is 0.804 bits per heavy atom. The van der Waals surface area contributed by atoms with Crippen LogP contribution in [0.3, 0.4) is 0 Å². The van der Waals surface area contributed by atoms with Gasteiger partial charge in [-0.3, -0.25) is 0 Å². The van der Waals surface area contributed by atoms with Gasteiger partial charge in [0.1, 0.15) is 38.4 Å². The number of hydrogen-bond donors (Lipinski definition) is 2. The highest BCUT2D eigenvalue weighted by Gasteiger charge is 2.37. The number of nitrogens with zero attached hydrogens (tertiary/aromatic N) is 10. The van der Waals surface area contributed by atoms with Crippen LogP contribution in [0.2, 0.25) is 0 Å². The summed E-state index contributed by atoms with van der Waals surface area (Å²) < 4.78 is 111. The third-order valence-electron chi connectivity index (χ3n) is 13.9. The van der Waals surface area contributed by atoms with Crippen molar-refractivity contribution in [1.82, 2.24) is 60.5 Å². The molecule has 33 heteroatoms. The molecule has 12 rings (SSSR count). The van der Waals surface area contributed by atoms with Gasteiger partial charge in [-0.05, 0) is 132 Å². The Kier molecular flexibility index (Phi) is 22.5. The van der Waals surface area contributed by atoms with Crippen molar-refractivity contribution in [3.05, 3.63) is 196 Å². The van der Waals surface area contributed by atoms with Crippen LogP contribution >= 0.6 is 34.0 Å². The maximum Gasteiger partial charge on any atom is 0.424 e. The second-order valence-electron chi connectivity index (χ2n) is 26.1. The Morgan fingerprint density at radius 1 is 0.441 bits per heavy atom. The van der Waals surface area contributed by atoms with Crippen molar-refractivity contribution in [2.75, 3.05) is 18.8 Å². The second kappa shape index (κ2) is 30.7. The number of sulfone groups is 2. The van der Waals surface area contributed by atoms with Crippen LogP contribution < -0.4 is 10.6 Å². The van der Waals surface area contributed by atoms with E-state index in [4.69, 9.17) is 27.5 Å². The Labute approximate surface area is 600 Å². The number of amides is 3. The minimum absolute atomic E-state index is 0.0574. The van der Waals surface area contributed by atoms with Gasteiger partial charge < -0.3 is 38.1 Å². The van der Waals surface area contributed by atoms with Crippen LogP contribution in [-0.2, 0) is 70.0 Å². The van der Waals surface area contributed by atoms with Crippen molar-refractivity contribution in [2.45, 2.75) is 116 Å². The summed E-state index contributed by atoms with van der Waals surface area (Å²) >= 11 is 4.04. The van der Waals surface area contributed by atoms with Crippen molar-refractivity contribution in [1.29, 1.82) is 0 Å². The van der Waals surface area contributed by atoms with Gasteiger partial charge in [0.25, 0.3) is 0 Å². The van der Waals surface area contributed by atoms with Gasteiger partial charge in [0.05, 0.1) is 56.4 Å². The monoisotopic (exact) mass is 1500 g/mol. The van der Waals surface area contributed by atoms with E-state index in [-0.39, 0.29) is 41.7 Å². The largest absolute Gasteiger partial charge is 0.444 e. The molecule has 0 aliphatic carbocycles. The molecule has 27 nitrogen and oxygen atoms in total. The van der Waals surface area contributed by atoms with E-state index >= 15 is 0 Å². The number of aromatic nitrogens is 9. The zero-order valence-electron chi connectivity index (χ0n) is 57.4. The molecule has 0 radical (unpaired) electrons. The first kappa shape index (κ1) is 74.8. The Bertz CT molecular complexity index is 5310. The summed E-state index contributed by atoms with van der Waals surface area (Å²) in [7, 11) is -11.6. The molecular weight excluding hydrogens is 1430 g/mol. The zero-order chi connectivity index (χ0) is 73.5. The summed E-state index contributed by atoms with van der Waals surface area (Å²) in [6.45, 7) is 14.8. The smallest absolute Gasteiger partial charge is 0.424 e. The third kappa shape index (κ3) is 20.4. The molecule has 0 saturated heterocycles. The summed E-state index contributed by atoms with van der Waals surface area (Å²) in [5.74, 6) is 0.161. The highest BCUT2D eigenvalue weighted by molar-refractivity contribution is 7.91. The van der Waals surface area contributed by atoms with E-state index < -0.39 is 81.8 Å². The summed E-state index contributed by atoms with van der Waals surface area (Å²) in [4.78, 5) is 49.8. The van der Waals surface area contributed by atoms with Crippen LogP contribution in [0.15, 0.2) is 159 Å². The number of alkyl carbamates (subject to hydrolysis) is 2. The van der Waals surface area contributed by atoms with Crippen LogP contribution in [0.5, 0.6) is 0 Å². The average Bonchev–Trinajstić information content (AvgIpc) is 1.63. The molecular formula is C69H72N12O15S6. The van der Waals surface area contributed by atoms with Crippen molar-refractivity contribution >= 4 is 113 Å². The molecule has 0 bridgehead atoms. The molecule has 6 heterocycles. The molecule has 2 N–H and O–H groups in total.